The summed E-state index contributed by atoms with van der Waals surface area (Å²) in [6, 6.07) is 7.61. The van der Waals surface area contributed by atoms with Crippen LogP contribution in [-0.2, 0) is 30.3 Å². The summed E-state index contributed by atoms with van der Waals surface area (Å²) in [4.78, 5) is 19.0. The van der Waals surface area contributed by atoms with Crippen LogP contribution in [-0.4, -0.2) is 65.7 Å². The Morgan fingerprint density at radius 3 is 2.73 bits per heavy atom. The van der Waals surface area contributed by atoms with Crippen molar-refractivity contribution in [3.05, 3.63) is 53.6 Å². The van der Waals surface area contributed by atoms with Crippen LogP contribution in [0.1, 0.15) is 52.0 Å². The molecule has 2 N–H and O–H groups in total. The second kappa shape index (κ2) is 9.99. The van der Waals surface area contributed by atoms with Crippen LogP contribution in [0.25, 0.3) is 0 Å². The number of aliphatic hydroxyl groups excluding tert-OH is 2. The number of oxime groups is 1. The molecule has 1 unspecified atom stereocenters. The first-order chi connectivity index (χ1) is 19.3. The number of rotatable bonds is 6. The second-order valence-electron chi connectivity index (χ2n) is 13.4. The van der Waals surface area contributed by atoms with Crippen LogP contribution in [0.4, 0.5) is 0 Å². The van der Waals surface area contributed by atoms with Crippen molar-refractivity contribution in [2.24, 2.45) is 33.7 Å². The molecule has 1 aromatic rings. The Hall–Kier alpha value is -2.09. The molecule has 9 atom stereocenters. The van der Waals surface area contributed by atoms with Gasteiger partial charge in [0.15, 0.2) is 17.7 Å². The molecule has 41 heavy (non-hydrogen) atoms. The van der Waals surface area contributed by atoms with Gasteiger partial charge in [0.2, 0.25) is 0 Å². The Kier molecular flexibility index (Phi) is 7.07. The van der Waals surface area contributed by atoms with E-state index in [4.69, 9.17) is 14.3 Å². The smallest absolute Gasteiger partial charge is 0.193 e. The summed E-state index contributed by atoms with van der Waals surface area (Å²) < 4.78 is 25.1. The van der Waals surface area contributed by atoms with Gasteiger partial charge in [0.25, 0.3) is 0 Å². The first-order valence-electron chi connectivity index (χ1n) is 14.7. The number of benzene rings is 1. The normalized spacial score (nSPS) is 42.2. The minimum absolute atomic E-state index is 0.0213. The average Bonchev–Trinajstić information content (AvgIpc) is 3.38. The van der Waals surface area contributed by atoms with E-state index >= 15 is 0 Å². The summed E-state index contributed by atoms with van der Waals surface area (Å²) in [7, 11) is -2.44. The van der Waals surface area contributed by atoms with Crippen molar-refractivity contribution >= 4 is 23.9 Å². The monoisotopic (exact) mass is 583 g/mol. The van der Waals surface area contributed by atoms with E-state index in [2.05, 4.69) is 31.2 Å². The number of carbonyl (C=O) groups excluding carboxylic acids is 1. The first kappa shape index (κ1) is 29.0. The van der Waals surface area contributed by atoms with Crippen molar-refractivity contribution in [1.29, 1.82) is 0 Å². The third kappa shape index (κ3) is 4.28. The van der Waals surface area contributed by atoms with E-state index in [-0.39, 0.29) is 35.6 Å². The molecule has 222 valence electrons. The van der Waals surface area contributed by atoms with E-state index in [1.54, 1.807) is 20.3 Å². The molecule has 1 saturated heterocycles. The molecule has 4 aliphatic carbocycles. The minimum atomic E-state index is -2.44. The van der Waals surface area contributed by atoms with Crippen molar-refractivity contribution < 1.29 is 33.9 Å². The lowest BCUT2D eigenvalue weighted by Gasteiger charge is -2.59. The molecule has 0 radical (unpaired) electrons. The molecule has 0 amide bonds. The van der Waals surface area contributed by atoms with Gasteiger partial charge in [0, 0.05) is 27.6 Å². The van der Waals surface area contributed by atoms with Gasteiger partial charge in [0.1, 0.15) is 26.1 Å². The Morgan fingerprint density at radius 1 is 1.24 bits per heavy atom. The number of fused-ring (bicyclic) bond motifs is 7. The van der Waals surface area contributed by atoms with Gasteiger partial charge in [-0.3, -0.25) is 4.79 Å². The summed E-state index contributed by atoms with van der Waals surface area (Å²) in [6.07, 6.45) is 7.45. The number of ether oxygens (including phenoxy) is 2. The van der Waals surface area contributed by atoms with Gasteiger partial charge >= 0.3 is 0 Å². The lowest BCUT2D eigenvalue weighted by molar-refractivity contribution is -0.196. The number of aliphatic hydroxyl groups is 2. The number of nitrogens with zero attached hydrogens (tertiary/aromatic N) is 1. The summed E-state index contributed by atoms with van der Waals surface area (Å²) in [5.74, 6) is -0.0573. The lowest BCUT2D eigenvalue weighted by Crippen LogP contribution is -2.63. The maximum Gasteiger partial charge on any atom is 0.193 e. The molecule has 4 fully saturated rings. The standard InChI is InChI=1S/C32H42NO7P/c1-19-39-28-15-24-23-11-10-21-14-22(33-38-18-20-8-6-7-9-26(20)41(4,5)37)12-13-30(21,2)29(23)25(35)16-31(24,3)32(28,40-19)27(36)17-34/h6-9,12-14,19,23-25,28-29,34-35H,10-11,15-18H2,1-5H3/b33-22+/t19?,23-,24-,25-,28+,29+,30-,31-,32+/m0/s1. The molecule has 0 aromatic heterocycles. The summed E-state index contributed by atoms with van der Waals surface area (Å²) >= 11 is 0. The van der Waals surface area contributed by atoms with Crippen LogP contribution < -0.4 is 5.30 Å². The van der Waals surface area contributed by atoms with Crippen LogP contribution in [0.5, 0.6) is 0 Å². The summed E-state index contributed by atoms with van der Waals surface area (Å²) in [6.45, 7) is 9.21. The molecule has 1 heterocycles. The van der Waals surface area contributed by atoms with Gasteiger partial charge in [-0.15, -0.1) is 0 Å². The van der Waals surface area contributed by atoms with E-state index in [1.807, 2.05) is 30.3 Å². The first-order valence-corrected chi connectivity index (χ1v) is 17.3. The molecule has 1 aliphatic heterocycles. The van der Waals surface area contributed by atoms with Crippen LogP contribution >= 0.6 is 7.14 Å². The van der Waals surface area contributed by atoms with Crippen molar-refractivity contribution in [2.75, 3.05) is 19.9 Å². The number of hydrogen-bond acceptors (Lipinski definition) is 8. The SMILES string of the molecule is CC1O[C@@H]2C[C@H]3[C@@H]4CCC5=C/C(=N/OCc6ccccc6P(C)(C)=O)C=C[C@]5(C)[C@H]4[C@@H](O)C[C@]3(C)[C@]2(C(=O)CO)O1. The molecule has 0 spiro atoms. The molecule has 9 heteroatoms. The van der Waals surface area contributed by atoms with Gasteiger partial charge in [0.05, 0.1) is 12.2 Å². The molecular weight excluding hydrogens is 541 g/mol. The van der Waals surface area contributed by atoms with E-state index in [0.29, 0.717) is 12.8 Å². The maximum absolute atomic E-state index is 13.3. The van der Waals surface area contributed by atoms with Crippen LogP contribution in [0, 0.1) is 28.6 Å². The fourth-order valence-corrected chi connectivity index (χ4v) is 10.5. The fraction of sp³-hybridized carbons (Fsp3) is 0.625. The fourth-order valence-electron chi connectivity index (χ4n) is 9.26. The lowest BCUT2D eigenvalue weighted by atomic mass is 9.46. The van der Waals surface area contributed by atoms with Gasteiger partial charge < -0.3 is 29.1 Å². The number of allylic oxidation sites excluding steroid dienone is 4. The topological polar surface area (TPSA) is 115 Å². The molecule has 0 bridgehead atoms. The molecule has 8 nitrogen and oxygen atoms in total. The molecule has 3 saturated carbocycles. The Balaban J connectivity index is 1.24. The molecular formula is C32H42NO7P. The van der Waals surface area contributed by atoms with E-state index in [1.165, 1.54) is 5.57 Å². The maximum atomic E-state index is 13.3. The van der Waals surface area contributed by atoms with E-state index in [0.717, 1.165) is 29.4 Å². The Bertz CT molecular complexity index is 1380. The van der Waals surface area contributed by atoms with Crippen molar-refractivity contribution in [3.63, 3.8) is 0 Å². The zero-order chi connectivity index (χ0) is 29.4. The highest BCUT2D eigenvalue weighted by Crippen LogP contribution is 2.69. The number of carbonyl (C=O) groups is 1. The van der Waals surface area contributed by atoms with E-state index in [9.17, 15) is 19.6 Å². The largest absolute Gasteiger partial charge is 0.393 e. The number of ketones is 1. The third-order valence-corrected chi connectivity index (χ3v) is 12.5. The molecule has 1 aromatic carbocycles. The van der Waals surface area contributed by atoms with Gasteiger partial charge in [-0.1, -0.05) is 54.9 Å². The molecule has 5 aliphatic rings. The van der Waals surface area contributed by atoms with Gasteiger partial charge in [-0.2, -0.15) is 0 Å². The average molecular weight is 584 g/mol. The number of Topliss-reactive ketones (excluding diaryl/α,β-unsaturated/α-hetero) is 1. The summed E-state index contributed by atoms with van der Waals surface area (Å²) in [5.41, 5.74) is 0.606. The zero-order valence-corrected chi connectivity index (χ0v) is 25.5. The van der Waals surface area contributed by atoms with Crippen LogP contribution in [0.2, 0.25) is 0 Å². The van der Waals surface area contributed by atoms with Crippen LogP contribution in [0.3, 0.4) is 0 Å². The van der Waals surface area contributed by atoms with E-state index < -0.39 is 43.3 Å². The Labute approximate surface area is 242 Å². The van der Waals surface area contributed by atoms with Gasteiger partial charge in [-0.05, 0) is 69.9 Å². The quantitative estimate of drug-likeness (QED) is 0.381. The number of hydrogen-bond donors (Lipinski definition) is 2. The highest BCUT2D eigenvalue weighted by atomic mass is 31.2. The third-order valence-electron chi connectivity index (χ3n) is 10.9. The highest BCUT2D eigenvalue weighted by molar-refractivity contribution is 7.70. The van der Waals surface area contributed by atoms with Crippen LogP contribution in [0.15, 0.2) is 53.2 Å². The summed E-state index contributed by atoms with van der Waals surface area (Å²) in [5, 5.41) is 26.9. The predicted octanol–water partition coefficient (Wildman–Crippen LogP) is 4.19. The Morgan fingerprint density at radius 2 is 2.00 bits per heavy atom. The van der Waals surface area contributed by atoms with Gasteiger partial charge in [-0.25, -0.2) is 0 Å². The molecule has 6 rings (SSSR count). The minimum Gasteiger partial charge on any atom is -0.393 e. The highest BCUT2D eigenvalue weighted by Gasteiger charge is 2.75. The van der Waals surface area contributed by atoms with Crippen molar-refractivity contribution in [2.45, 2.75) is 77.2 Å². The van der Waals surface area contributed by atoms with Crippen molar-refractivity contribution in [3.8, 4) is 0 Å². The zero-order valence-electron chi connectivity index (χ0n) is 24.6. The second-order valence-corrected chi connectivity index (χ2v) is 16.6. The predicted molar refractivity (Wildman–Crippen MR) is 156 cm³/mol. The van der Waals surface area contributed by atoms with Crippen molar-refractivity contribution in [1.82, 2.24) is 0 Å².